The van der Waals surface area contributed by atoms with Crippen molar-refractivity contribution in [1.82, 2.24) is 5.32 Å². The normalized spacial score (nSPS) is 22.9. The van der Waals surface area contributed by atoms with Crippen LogP contribution in [0.15, 0.2) is 24.3 Å². The molecule has 1 aliphatic carbocycles. The molecule has 1 aromatic rings. The standard InChI is InChI=1S/C15H20N2S/c1-2-18-15-8-7-14(9-15)17-11-13-5-3-12(10-16)4-6-13/h3-6,14-15,17H,2,7-9,11H2,1H3. The number of rotatable bonds is 5. The summed E-state index contributed by atoms with van der Waals surface area (Å²) in [5.74, 6) is 1.23. The molecule has 1 N–H and O–H groups in total. The molecule has 0 radical (unpaired) electrons. The maximum absolute atomic E-state index is 8.74. The van der Waals surface area contributed by atoms with Gasteiger partial charge in [0, 0.05) is 17.8 Å². The lowest BCUT2D eigenvalue weighted by Gasteiger charge is -2.13. The summed E-state index contributed by atoms with van der Waals surface area (Å²) < 4.78 is 0. The molecule has 2 atom stereocenters. The summed E-state index contributed by atoms with van der Waals surface area (Å²) in [5.41, 5.74) is 2.00. The van der Waals surface area contributed by atoms with Crippen molar-refractivity contribution in [3.63, 3.8) is 0 Å². The Balaban J connectivity index is 1.76. The van der Waals surface area contributed by atoms with Gasteiger partial charge in [-0.25, -0.2) is 0 Å². The Kier molecular flexibility index (Phi) is 5.10. The van der Waals surface area contributed by atoms with Crippen molar-refractivity contribution in [1.29, 1.82) is 5.26 Å². The molecule has 2 rings (SSSR count). The first-order chi connectivity index (χ1) is 8.81. The third-order valence-corrected chi connectivity index (χ3v) is 4.70. The van der Waals surface area contributed by atoms with Gasteiger partial charge in [0.15, 0.2) is 0 Å². The predicted octanol–water partition coefficient (Wildman–Crippen LogP) is 3.32. The average molecular weight is 260 g/mol. The molecule has 1 aromatic carbocycles. The van der Waals surface area contributed by atoms with Crippen LogP contribution in [0.25, 0.3) is 0 Å². The summed E-state index contributed by atoms with van der Waals surface area (Å²) in [6.45, 7) is 3.15. The van der Waals surface area contributed by atoms with Crippen molar-refractivity contribution >= 4 is 11.8 Å². The van der Waals surface area contributed by atoms with Crippen molar-refractivity contribution < 1.29 is 0 Å². The Hall–Kier alpha value is -0.980. The van der Waals surface area contributed by atoms with Gasteiger partial charge < -0.3 is 5.32 Å². The van der Waals surface area contributed by atoms with Gasteiger partial charge in [0.2, 0.25) is 0 Å². The first-order valence-corrected chi connectivity index (χ1v) is 7.70. The van der Waals surface area contributed by atoms with E-state index in [-0.39, 0.29) is 0 Å². The summed E-state index contributed by atoms with van der Waals surface area (Å²) in [5, 5.41) is 13.2. The molecule has 0 aliphatic heterocycles. The minimum Gasteiger partial charge on any atom is -0.310 e. The van der Waals surface area contributed by atoms with Crippen molar-refractivity contribution in [3.8, 4) is 6.07 Å². The molecule has 0 aromatic heterocycles. The van der Waals surface area contributed by atoms with Crippen LogP contribution in [-0.4, -0.2) is 17.0 Å². The fourth-order valence-electron chi connectivity index (χ4n) is 2.47. The molecule has 2 unspecified atom stereocenters. The Morgan fingerprint density at radius 3 is 2.78 bits per heavy atom. The summed E-state index contributed by atoms with van der Waals surface area (Å²) in [6.07, 6.45) is 3.95. The number of thioether (sulfide) groups is 1. The molecule has 0 amide bonds. The number of hydrogen-bond donors (Lipinski definition) is 1. The molecule has 1 fully saturated rings. The molecule has 1 saturated carbocycles. The number of hydrogen-bond acceptors (Lipinski definition) is 3. The lowest BCUT2D eigenvalue weighted by molar-refractivity contribution is 0.525. The van der Waals surface area contributed by atoms with E-state index < -0.39 is 0 Å². The summed E-state index contributed by atoms with van der Waals surface area (Å²) in [7, 11) is 0. The Labute approximate surface area is 114 Å². The molecule has 18 heavy (non-hydrogen) atoms. The lowest BCUT2D eigenvalue weighted by Crippen LogP contribution is -2.26. The monoisotopic (exact) mass is 260 g/mol. The molecule has 0 bridgehead atoms. The van der Waals surface area contributed by atoms with E-state index >= 15 is 0 Å². The fraction of sp³-hybridized carbons (Fsp3) is 0.533. The molecule has 3 heteroatoms. The van der Waals surface area contributed by atoms with Crippen LogP contribution in [0, 0.1) is 11.3 Å². The van der Waals surface area contributed by atoms with Crippen LogP contribution in [0.3, 0.4) is 0 Å². The van der Waals surface area contributed by atoms with Gasteiger partial charge in [-0.15, -0.1) is 0 Å². The van der Waals surface area contributed by atoms with E-state index in [4.69, 9.17) is 5.26 Å². The third kappa shape index (κ3) is 3.76. The Bertz CT molecular complexity index is 407. The van der Waals surface area contributed by atoms with E-state index in [1.807, 2.05) is 24.3 Å². The second-order valence-electron chi connectivity index (χ2n) is 4.78. The van der Waals surface area contributed by atoms with Gasteiger partial charge in [-0.05, 0) is 42.7 Å². The molecule has 1 aliphatic rings. The van der Waals surface area contributed by atoms with Crippen LogP contribution < -0.4 is 5.32 Å². The van der Waals surface area contributed by atoms with Gasteiger partial charge in [0.25, 0.3) is 0 Å². The van der Waals surface area contributed by atoms with Gasteiger partial charge >= 0.3 is 0 Å². The van der Waals surface area contributed by atoms with Crippen LogP contribution >= 0.6 is 11.8 Å². The van der Waals surface area contributed by atoms with Crippen molar-refractivity contribution in [2.24, 2.45) is 0 Å². The zero-order valence-corrected chi connectivity index (χ0v) is 11.7. The molecule has 0 saturated heterocycles. The van der Waals surface area contributed by atoms with Gasteiger partial charge in [-0.3, -0.25) is 0 Å². The van der Waals surface area contributed by atoms with Crippen LogP contribution in [0.1, 0.15) is 37.3 Å². The zero-order valence-electron chi connectivity index (χ0n) is 10.9. The summed E-state index contributed by atoms with van der Waals surface area (Å²) >= 11 is 2.09. The minimum atomic E-state index is 0.671. The smallest absolute Gasteiger partial charge is 0.0991 e. The van der Waals surface area contributed by atoms with Gasteiger partial charge in [-0.1, -0.05) is 19.1 Å². The van der Waals surface area contributed by atoms with Crippen molar-refractivity contribution in [2.75, 3.05) is 5.75 Å². The number of nitrogens with zero attached hydrogens (tertiary/aromatic N) is 1. The van der Waals surface area contributed by atoms with Crippen molar-refractivity contribution in [2.45, 2.75) is 44.0 Å². The first kappa shape index (κ1) is 13.5. The maximum atomic E-state index is 8.74. The van der Waals surface area contributed by atoms with Gasteiger partial charge in [0.1, 0.15) is 0 Å². The molecular weight excluding hydrogens is 240 g/mol. The second-order valence-corrected chi connectivity index (χ2v) is 6.35. The fourth-order valence-corrected chi connectivity index (χ4v) is 3.61. The van der Waals surface area contributed by atoms with E-state index in [0.29, 0.717) is 6.04 Å². The van der Waals surface area contributed by atoms with E-state index in [1.165, 1.54) is 30.6 Å². The minimum absolute atomic E-state index is 0.671. The number of nitrogens with one attached hydrogen (secondary N) is 1. The molecule has 0 spiro atoms. The predicted molar refractivity (Wildman–Crippen MR) is 77.6 cm³/mol. The van der Waals surface area contributed by atoms with E-state index in [0.717, 1.165) is 17.4 Å². The van der Waals surface area contributed by atoms with Crippen LogP contribution in [-0.2, 0) is 6.54 Å². The van der Waals surface area contributed by atoms with Crippen LogP contribution in [0.5, 0.6) is 0 Å². The van der Waals surface area contributed by atoms with Gasteiger partial charge in [-0.2, -0.15) is 17.0 Å². The molecule has 0 heterocycles. The van der Waals surface area contributed by atoms with E-state index in [1.54, 1.807) is 0 Å². The highest BCUT2D eigenvalue weighted by molar-refractivity contribution is 7.99. The highest BCUT2D eigenvalue weighted by atomic mass is 32.2. The van der Waals surface area contributed by atoms with Crippen molar-refractivity contribution in [3.05, 3.63) is 35.4 Å². The van der Waals surface area contributed by atoms with Gasteiger partial charge in [0.05, 0.1) is 11.6 Å². The molecule has 96 valence electrons. The summed E-state index contributed by atoms with van der Waals surface area (Å²) in [4.78, 5) is 0. The van der Waals surface area contributed by atoms with E-state index in [2.05, 4.69) is 30.1 Å². The third-order valence-electron chi connectivity index (χ3n) is 3.46. The highest BCUT2D eigenvalue weighted by Crippen LogP contribution is 2.29. The Morgan fingerprint density at radius 2 is 2.11 bits per heavy atom. The maximum Gasteiger partial charge on any atom is 0.0991 e. The van der Waals surface area contributed by atoms with Crippen LogP contribution in [0.2, 0.25) is 0 Å². The largest absolute Gasteiger partial charge is 0.310 e. The number of benzene rings is 1. The highest BCUT2D eigenvalue weighted by Gasteiger charge is 2.23. The second kappa shape index (κ2) is 6.82. The molecule has 2 nitrogen and oxygen atoms in total. The lowest BCUT2D eigenvalue weighted by atomic mass is 10.1. The molecular formula is C15H20N2S. The Morgan fingerprint density at radius 1 is 1.33 bits per heavy atom. The zero-order chi connectivity index (χ0) is 12.8. The quantitative estimate of drug-likeness (QED) is 0.882. The van der Waals surface area contributed by atoms with E-state index in [9.17, 15) is 0 Å². The number of nitriles is 1. The first-order valence-electron chi connectivity index (χ1n) is 6.66. The van der Waals surface area contributed by atoms with Crippen LogP contribution in [0.4, 0.5) is 0 Å². The topological polar surface area (TPSA) is 35.8 Å². The SMILES string of the molecule is CCSC1CCC(NCc2ccc(C#N)cc2)C1. The summed E-state index contributed by atoms with van der Waals surface area (Å²) in [6, 6.07) is 10.7. The average Bonchev–Trinajstić information content (AvgIpc) is 2.85.